The summed E-state index contributed by atoms with van der Waals surface area (Å²) in [5.41, 5.74) is 7.17. The maximum absolute atomic E-state index is 11.4. The van der Waals surface area contributed by atoms with Crippen LogP contribution in [0.2, 0.25) is 0 Å². The topological polar surface area (TPSA) is 68.3 Å². The average molecular weight is 245 g/mol. The number of nitrogen functional groups attached to an aromatic ring is 1. The third-order valence-electron chi connectivity index (χ3n) is 2.66. The molecule has 0 saturated carbocycles. The Morgan fingerprint density at radius 1 is 1.56 bits per heavy atom. The van der Waals surface area contributed by atoms with Gasteiger partial charge in [0.15, 0.2) is 11.6 Å². The van der Waals surface area contributed by atoms with Crippen molar-refractivity contribution in [2.45, 2.75) is 27.2 Å². The van der Waals surface area contributed by atoms with Crippen LogP contribution in [0.4, 0.5) is 11.6 Å². The van der Waals surface area contributed by atoms with E-state index in [0.29, 0.717) is 29.5 Å². The molecule has 0 aromatic carbocycles. The van der Waals surface area contributed by atoms with Crippen molar-refractivity contribution in [1.82, 2.24) is 4.98 Å². The highest BCUT2D eigenvalue weighted by molar-refractivity contribution is 5.98. The molecule has 0 atom stereocenters. The van der Waals surface area contributed by atoms with Crippen LogP contribution in [-0.4, -0.2) is 17.0 Å². The largest absolute Gasteiger partial charge is 0.384 e. The quantitative estimate of drug-likeness (QED) is 0.492. The first-order valence-corrected chi connectivity index (χ1v) is 5.89. The molecule has 4 heteroatoms. The molecule has 0 radical (unpaired) electrons. The van der Waals surface area contributed by atoms with E-state index >= 15 is 0 Å². The van der Waals surface area contributed by atoms with Crippen molar-refractivity contribution >= 4 is 23.6 Å². The molecule has 0 bridgehead atoms. The van der Waals surface area contributed by atoms with Crippen LogP contribution in [-0.2, 0) is 0 Å². The molecule has 0 amide bonds. The van der Waals surface area contributed by atoms with E-state index in [9.17, 15) is 4.79 Å². The van der Waals surface area contributed by atoms with Gasteiger partial charge in [-0.1, -0.05) is 26.0 Å². The van der Waals surface area contributed by atoms with Crippen LogP contribution in [0.3, 0.4) is 0 Å². The summed E-state index contributed by atoms with van der Waals surface area (Å²) in [4.78, 5) is 19.7. The van der Waals surface area contributed by atoms with Crippen LogP contribution in [0, 0.1) is 5.92 Å². The van der Waals surface area contributed by atoms with E-state index in [-0.39, 0.29) is 5.78 Å². The zero-order valence-electron chi connectivity index (χ0n) is 11.1. The van der Waals surface area contributed by atoms with Gasteiger partial charge >= 0.3 is 0 Å². The van der Waals surface area contributed by atoms with Gasteiger partial charge in [0.25, 0.3) is 0 Å². The van der Waals surface area contributed by atoms with Gasteiger partial charge in [-0.3, -0.25) is 4.79 Å². The summed E-state index contributed by atoms with van der Waals surface area (Å²) in [6.45, 7) is 9.60. The molecule has 18 heavy (non-hydrogen) atoms. The number of carbonyl (C=O) groups excluding carboxylic acids is 1. The van der Waals surface area contributed by atoms with Crippen molar-refractivity contribution in [2.24, 2.45) is 10.9 Å². The summed E-state index contributed by atoms with van der Waals surface area (Å²) in [5.74, 6) is 1.07. The SMILES string of the molecule is C=C(CC=Nc1nc(N)ccc1C(C)=O)C(C)C. The van der Waals surface area contributed by atoms with E-state index < -0.39 is 0 Å². The van der Waals surface area contributed by atoms with E-state index in [0.717, 1.165) is 5.57 Å². The Morgan fingerprint density at radius 2 is 2.22 bits per heavy atom. The van der Waals surface area contributed by atoms with Gasteiger partial charge in [0.05, 0.1) is 5.56 Å². The first kappa shape index (κ1) is 14.1. The Balaban J connectivity index is 2.89. The third-order valence-corrected chi connectivity index (χ3v) is 2.66. The lowest BCUT2D eigenvalue weighted by Gasteiger charge is -2.05. The smallest absolute Gasteiger partial charge is 0.164 e. The summed E-state index contributed by atoms with van der Waals surface area (Å²) in [5, 5.41) is 0. The van der Waals surface area contributed by atoms with Crippen LogP contribution in [0.1, 0.15) is 37.6 Å². The van der Waals surface area contributed by atoms with Crippen molar-refractivity contribution in [3.63, 3.8) is 0 Å². The fourth-order valence-electron chi connectivity index (χ4n) is 1.32. The molecule has 4 nitrogen and oxygen atoms in total. The molecule has 1 aromatic heterocycles. The zero-order valence-corrected chi connectivity index (χ0v) is 11.1. The minimum atomic E-state index is -0.0719. The summed E-state index contributed by atoms with van der Waals surface area (Å²) < 4.78 is 0. The van der Waals surface area contributed by atoms with Crippen molar-refractivity contribution < 1.29 is 4.79 Å². The lowest BCUT2D eigenvalue weighted by molar-refractivity contribution is 0.101. The van der Waals surface area contributed by atoms with Gasteiger partial charge in [-0.25, -0.2) is 9.98 Å². The van der Waals surface area contributed by atoms with E-state index in [4.69, 9.17) is 5.73 Å². The van der Waals surface area contributed by atoms with Gasteiger partial charge < -0.3 is 5.73 Å². The number of nitrogens with zero attached hydrogens (tertiary/aromatic N) is 2. The number of aromatic nitrogens is 1. The fraction of sp³-hybridized carbons (Fsp3) is 0.357. The van der Waals surface area contributed by atoms with Gasteiger partial charge in [0.1, 0.15) is 5.82 Å². The molecule has 1 aromatic rings. The number of carbonyl (C=O) groups is 1. The number of ketones is 1. The number of allylic oxidation sites excluding steroid dienone is 1. The number of anilines is 1. The highest BCUT2D eigenvalue weighted by Crippen LogP contribution is 2.19. The van der Waals surface area contributed by atoms with Gasteiger partial charge in [-0.2, -0.15) is 0 Å². The van der Waals surface area contributed by atoms with Crippen LogP contribution in [0.15, 0.2) is 29.3 Å². The second-order valence-electron chi connectivity index (χ2n) is 4.49. The average Bonchev–Trinajstić information content (AvgIpc) is 2.28. The van der Waals surface area contributed by atoms with Crippen molar-refractivity contribution in [3.05, 3.63) is 29.8 Å². The van der Waals surface area contributed by atoms with E-state index in [1.165, 1.54) is 6.92 Å². The lowest BCUT2D eigenvalue weighted by atomic mass is 10.0. The first-order chi connectivity index (χ1) is 8.41. The molecular weight excluding hydrogens is 226 g/mol. The minimum Gasteiger partial charge on any atom is -0.384 e. The van der Waals surface area contributed by atoms with Crippen LogP contribution >= 0.6 is 0 Å². The molecular formula is C14H19N3O. The number of aliphatic imine (C=N–C) groups is 1. The third kappa shape index (κ3) is 3.80. The number of hydrogen-bond acceptors (Lipinski definition) is 4. The van der Waals surface area contributed by atoms with Gasteiger partial charge in [-0.05, 0) is 25.0 Å². The molecule has 0 aliphatic rings. The maximum Gasteiger partial charge on any atom is 0.164 e. The summed E-state index contributed by atoms with van der Waals surface area (Å²) in [6, 6.07) is 3.25. The van der Waals surface area contributed by atoms with Crippen LogP contribution in [0.25, 0.3) is 0 Å². The van der Waals surface area contributed by atoms with Crippen molar-refractivity contribution in [1.29, 1.82) is 0 Å². The molecule has 0 saturated heterocycles. The number of rotatable bonds is 5. The molecule has 0 aliphatic carbocycles. The monoisotopic (exact) mass is 245 g/mol. The Kier molecular flexibility index (Phi) is 4.77. The molecule has 0 aliphatic heterocycles. The normalized spacial score (nSPS) is 11.1. The fourth-order valence-corrected chi connectivity index (χ4v) is 1.32. The Hall–Kier alpha value is -1.97. The van der Waals surface area contributed by atoms with E-state index in [1.807, 2.05) is 0 Å². The van der Waals surface area contributed by atoms with Crippen LogP contribution < -0.4 is 5.73 Å². The molecule has 96 valence electrons. The number of Topliss-reactive ketones (excluding diaryl/α,β-unsaturated/α-hetero) is 1. The number of pyridine rings is 1. The second-order valence-corrected chi connectivity index (χ2v) is 4.49. The lowest BCUT2D eigenvalue weighted by Crippen LogP contribution is -1.98. The zero-order chi connectivity index (χ0) is 13.7. The molecule has 0 fully saturated rings. The van der Waals surface area contributed by atoms with E-state index in [1.54, 1.807) is 18.3 Å². The molecule has 2 N–H and O–H groups in total. The summed E-state index contributed by atoms with van der Waals surface area (Å²) >= 11 is 0. The molecule has 0 unspecified atom stereocenters. The van der Waals surface area contributed by atoms with Crippen molar-refractivity contribution in [2.75, 3.05) is 5.73 Å². The highest BCUT2D eigenvalue weighted by Gasteiger charge is 2.07. The predicted molar refractivity (Wildman–Crippen MR) is 75.4 cm³/mol. The summed E-state index contributed by atoms with van der Waals surface area (Å²) in [7, 11) is 0. The van der Waals surface area contributed by atoms with Crippen LogP contribution in [0.5, 0.6) is 0 Å². The second kappa shape index (κ2) is 6.10. The Bertz CT molecular complexity index is 490. The van der Waals surface area contributed by atoms with Gasteiger partial charge in [0, 0.05) is 12.6 Å². The standard InChI is InChI=1S/C14H19N3O/c1-9(2)10(3)7-8-16-14-12(11(4)18)5-6-13(15)17-14/h5-6,8-9H,3,7H2,1-2,4H3,(H2,15,17). The van der Waals surface area contributed by atoms with E-state index in [2.05, 4.69) is 30.4 Å². The number of hydrogen-bond donors (Lipinski definition) is 1. The first-order valence-electron chi connectivity index (χ1n) is 5.89. The Labute approximate surface area is 108 Å². The predicted octanol–water partition coefficient (Wildman–Crippen LogP) is 3.17. The highest BCUT2D eigenvalue weighted by atomic mass is 16.1. The summed E-state index contributed by atoms with van der Waals surface area (Å²) in [6.07, 6.45) is 2.39. The van der Waals surface area contributed by atoms with Gasteiger partial charge in [0.2, 0.25) is 0 Å². The maximum atomic E-state index is 11.4. The molecule has 1 heterocycles. The van der Waals surface area contributed by atoms with Gasteiger partial charge in [-0.15, -0.1) is 0 Å². The molecule has 1 rings (SSSR count). The minimum absolute atomic E-state index is 0.0719. The molecule has 0 spiro atoms. The number of nitrogens with two attached hydrogens (primary N) is 1. The van der Waals surface area contributed by atoms with Crippen molar-refractivity contribution in [3.8, 4) is 0 Å². The Morgan fingerprint density at radius 3 is 2.78 bits per heavy atom.